The lowest BCUT2D eigenvalue weighted by Gasteiger charge is -2.23. The van der Waals surface area contributed by atoms with Gasteiger partial charge in [-0.05, 0) is 17.4 Å². The van der Waals surface area contributed by atoms with Gasteiger partial charge in [0, 0.05) is 5.56 Å². The summed E-state index contributed by atoms with van der Waals surface area (Å²) in [6.45, 7) is 6.50. The van der Waals surface area contributed by atoms with E-state index in [4.69, 9.17) is 10.2 Å². The molecule has 0 unspecified atom stereocenters. The predicted octanol–water partition coefficient (Wildman–Crippen LogP) is 2.36. The molecule has 78 valence electrons. The summed E-state index contributed by atoms with van der Waals surface area (Å²) in [6, 6.07) is 7.44. The largest absolute Gasteiger partial charge is 0.364 e. The second kappa shape index (κ2) is 4.11. The normalized spacial score (nSPS) is 12.1. The smallest absolute Gasteiger partial charge is 0.178 e. The summed E-state index contributed by atoms with van der Waals surface area (Å²) in [4.78, 5) is 0. The third-order valence-electron chi connectivity index (χ3n) is 2.87. The summed E-state index contributed by atoms with van der Waals surface area (Å²) in [5.74, 6) is 0. The van der Waals surface area contributed by atoms with Crippen LogP contribution in [-0.4, -0.2) is 10.2 Å². The second-order valence-electron chi connectivity index (χ2n) is 4.23. The lowest BCUT2D eigenvalue weighted by atomic mass is 9.82. The Hall–Kier alpha value is -0.860. The fourth-order valence-electron chi connectivity index (χ4n) is 1.31. The first-order chi connectivity index (χ1) is 6.47. The van der Waals surface area contributed by atoms with Crippen LogP contribution in [0.5, 0.6) is 0 Å². The van der Waals surface area contributed by atoms with Gasteiger partial charge in [0.2, 0.25) is 0 Å². The molecular weight excluding hydrogens is 176 g/mol. The van der Waals surface area contributed by atoms with Crippen LogP contribution in [0.2, 0.25) is 0 Å². The van der Waals surface area contributed by atoms with Crippen LogP contribution in [0.4, 0.5) is 0 Å². The minimum atomic E-state index is -1.37. The molecule has 2 nitrogen and oxygen atoms in total. The number of benzene rings is 1. The van der Waals surface area contributed by atoms with Gasteiger partial charge < -0.3 is 10.2 Å². The molecule has 0 spiro atoms. The van der Waals surface area contributed by atoms with Crippen molar-refractivity contribution < 1.29 is 10.2 Å². The van der Waals surface area contributed by atoms with Crippen LogP contribution < -0.4 is 0 Å². The van der Waals surface area contributed by atoms with Gasteiger partial charge in [-0.25, -0.2) is 0 Å². The highest BCUT2D eigenvalue weighted by atomic mass is 16.5. The maximum atomic E-state index is 8.93. The quantitative estimate of drug-likeness (QED) is 0.725. The lowest BCUT2D eigenvalue weighted by molar-refractivity contribution is -0.0425. The van der Waals surface area contributed by atoms with Crippen LogP contribution >= 0.6 is 0 Å². The summed E-state index contributed by atoms with van der Waals surface area (Å²) in [5.41, 5.74) is 1.92. The monoisotopic (exact) mass is 194 g/mol. The molecule has 0 atom stereocenters. The number of aliphatic hydroxyl groups excluding tert-OH is 1. The summed E-state index contributed by atoms with van der Waals surface area (Å²) in [7, 11) is 0. The molecule has 0 radical (unpaired) electrons. The molecule has 0 aliphatic rings. The van der Waals surface area contributed by atoms with E-state index in [0.29, 0.717) is 5.56 Å². The minimum Gasteiger partial charge on any atom is -0.364 e. The van der Waals surface area contributed by atoms with Gasteiger partial charge in [0.25, 0.3) is 0 Å². The summed E-state index contributed by atoms with van der Waals surface area (Å²) < 4.78 is 0. The van der Waals surface area contributed by atoms with Crippen LogP contribution in [0.1, 0.15) is 44.6 Å². The van der Waals surface area contributed by atoms with Crippen LogP contribution in [0.3, 0.4) is 0 Å². The molecule has 1 aromatic rings. The molecule has 0 saturated carbocycles. The number of hydrogen-bond donors (Lipinski definition) is 2. The van der Waals surface area contributed by atoms with Crippen LogP contribution in [0, 0.1) is 0 Å². The fourth-order valence-corrected chi connectivity index (χ4v) is 1.31. The predicted molar refractivity (Wildman–Crippen MR) is 56.9 cm³/mol. The Kier molecular flexibility index (Phi) is 3.29. The van der Waals surface area contributed by atoms with Gasteiger partial charge in [0.15, 0.2) is 6.29 Å². The summed E-state index contributed by atoms with van der Waals surface area (Å²) in [5, 5.41) is 17.9. The summed E-state index contributed by atoms with van der Waals surface area (Å²) >= 11 is 0. The second-order valence-corrected chi connectivity index (χ2v) is 4.23. The lowest BCUT2D eigenvalue weighted by Crippen LogP contribution is -2.15. The maximum Gasteiger partial charge on any atom is 0.178 e. The van der Waals surface area contributed by atoms with Gasteiger partial charge in [0.1, 0.15) is 0 Å². The van der Waals surface area contributed by atoms with Crippen LogP contribution in [0.25, 0.3) is 0 Å². The van der Waals surface area contributed by atoms with Crippen molar-refractivity contribution in [1.29, 1.82) is 0 Å². The van der Waals surface area contributed by atoms with Crippen molar-refractivity contribution in [3.05, 3.63) is 35.4 Å². The Bertz CT molecular complexity index is 286. The Balaban J connectivity index is 2.94. The van der Waals surface area contributed by atoms with E-state index in [2.05, 4.69) is 20.8 Å². The molecule has 14 heavy (non-hydrogen) atoms. The van der Waals surface area contributed by atoms with Crippen molar-refractivity contribution in [3.63, 3.8) is 0 Å². The Labute approximate surface area is 85.2 Å². The molecule has 0 aliphatic carbocycles. The Morgan fingerprint density at radius 2 is 1.64 bits per heavy atom. The number of hydrogen-bond acceptors (Lipinski definition) is 2. The van der Waals surface area contributed by atoms with Crippen molar-refractivity contribution >= 4 is 0 Å². The zero-order chi connectivity index (χ0) is 10.8. The highest BCUT2D eigenvalue weighted by molar-refractivity contribution is 5.28. The van der Waals surface area contributed by atoms with Crippen molar-refractivity contribution in [2.75, 3.05) is 0 Å². The Morgan fingerprint density at radius 3 is 2.00 bits per heavy atom. The van der Waals surface area contributed by atoms with Crippen molar-refractivity contribution in [2.45, 2.75) is 38.9 Å². The first-order valence-corrected chi connectivity index (χ1v) is 4.94. The van der Waals surface area contributed by atoms with Gasteiger partial charge >= 0.3 is 0 Å². The van der Waals surface area contributed by atoms with E-state index in [9.17, 15) is 0 Å². The average molecular weight is 194 g/mol. The van der Waals surface area contributed by atoms with Gasteiger partial charge in [-0.1, -0.05) is 45.0 Å². The molecule has 0 fully saturated rings. The van der Waals surface area contributed by atoms with E-state index in [1.165, 1.54) is 5.56 Å². The van der Waals surface area contributed by atoms with Gasteiger partial charge in [-0.2, -0.15) is 0 Å². The molecule has 0 bridgehead atoms. The average Bonchev–Trinajstić information content (AvgIpc) is 2.18. The van der Waals surface area contributed by atoms with Crippen LogP contribution in [-0.2, 0) is 5.41 Å². The number of rotatable bonds is 3. The first-order valence-electron chi connectivity index (χ1n) is 4.94. The molecule has 0 saturated heterocycles. The SMILES string of the molecule is CCC(C)(C)c1ccc(C(O)O)cc1. The van der Waals surface area contributed by atoms with Crippen molar-refractivity contribution in [3.8, 4) is 0 Å². The fraction of sp³-hybridized carbons (Fsp3) is 0.500. The molecule has 0 heterocycles. The van der Waals surface area contributed by atoms with E-state index in [-0.39, 0.29) is 5.41 Å². The highest BCUT2D eigenvalue weighted by Crippen LogP contribution is 2.27. The topological polar surface area (TPSA) is 40.5 Å². The van der Waals surface area contributed by atoms with E-state index >= 15 is 0 Å². The van der Waals surface area contributed by atoms with Gasteiger partial charge in [0.05, 0.1) is 0 Å². The van der Waals surface area contributed by atoms with E-state index in [1.807, 2.05) is 12.1 Å². The Morgan fingerprint density at radius 1 is 1.14 bits per heavy atom. The summed E-state index contributed by atoms with van der Waals surface area (Å²) in [6.07, 6.45) is -0.303. The molecule has 0 amide bonds. The molecule has 0 aromatic heterocycles. The molecule has 0 aliphatic heterocycles. The third kappa shape index (κ3) is 2.34. The zero-order valence-electron chi connectivity index (χ0n) is 8.99. The van der Waals surface area contributed by atoms with Crippen molar-refractivity contribution in [1.82, 2.24) is 0 Å². The van der Waals surface area contributed by atoms with E-state index in [0.717, 1.165) is 6.42 Å². The molecule has 2 N–H and O–H groups in total. The van der Waals surface area contributed by atoms with E-state index < -0.39 is 6.29 Å². The van der Waals surface area contributed by atoms with Gasteiger partial charge in [-0.15, -0.1) is 0 Å². The van der Waals surface area contributed by atoms with Crippen molar-refractivity contribution in [2.24, 2.45) is 0 Å². The molecule has 2 heteroatoms. The molecule has 1 rings (SSSR count). The zero-order valence-corrected chi connectivity index (χ0v) is 8.99. The van der Waals surface area contributed by atoms with Crippen LogP contribution in [0.15, 0.2) is 24.3 Å². The minimum absolute atomic E-state index is 0.152. The maximum absolute atomic E-state index is 8.93. The standard InChI is InChI=1S/C12H18O2/c1-4-12(2,3)10-7-5-9(6-8-10)11(13)14/h5-8,11,13-14H,4H2,1-3H3. The molecule has 1 aromatic carbocycles. The first kappa shape index (κ1) is 11.2. The highest BCUT2D eigenvalue weighted by Gasteiger charge is 2.17. The van der Waals surface area contributed by atoms with E-state index in [1.54, 1.807) is 12.1 Å². The third-order valence-corrected chi connectivity index (χ3v) is 2.87. The number of aliphatic hydroxyl groups is 2. The molecular formula is C12H18O2. The van der Waals surface area contributed by atoms with Gasteiger partial charge in [-0.3, -0.25) is 0 Å².